The normalized spacial score (nSPS) is 10.0. The minimum atomic E-state index is 0.456. The Hall–Kier alpha value is -1.48. The molecule has 0 spiro atoms. The number of benzene rings is 1. The number of rotatable bonds is 8. The minimum Gasteiger partial charge on any atom is -0.490 e. The fourth-order valence-corrected chi connectivity index (χ4v) is 1.56. The molecule has 0 aromatic heterocycles. The van der Waals surface area contributed by atoms with Crippen LogP contribution in [0, 0.1) is 0 Å². The van der Waals surface area contributed by atoms with Gasteiger partial charge in [0, 0.05) is 12.1 Å². The van der Waals surface area contributed by atoms with Gasteiger partial charge in [0.15, 0.2) is 11.5 Å². The first-order chi connectivity index (χ1) is 8.33. The van der Waals surface area contributed by atoms with Crippen LogP contribution in [-0.2, 0) is 6.54 Å². The van der Waals surface area contributed by atoms with Crippen LogP contribution in [0.25, 0.3) is 0 Å². The van der Waals surface area contributed by atoms with Crippen LogP contribution in [0.5, 0.6) is 11.5 Å². The largest absolute Gasteiger partial charge is 0.490 e. The molecule has 17 heavy (non-hydrogen) atoms. The van der Waals surface area contributed by atoms with Crippen molar-refractivity contribution in [2.24, 2.45) is 5.73 Å². The van der Waals surface area contributed by atoms with Crippen molar-refractivity contribution < 1.29 is 9.47 Å². The van der Waals surface area contributed by atoms with Crippen molar-refractivity contribution in [3.8, 4) is 11.5 Å². The first kappa shape index (κ1) is 13.6. The smallest absolute Gasteiger partial charge is 0.165 e. The number of hydrogen-bond acceptors (Lipinski definition) is 3. The van der Waals surface area contributed by atoms with E-state index < -0.39 is 0 Å². The van der Waals surface area contributed by atoms with E-state index in [1.54, 1.807) is 0 Å². The summed E-state index contributed by atoms with van der Waals surface area (Å²) in [7, 11) is 0. The molecule has 2 N–H and O–H groups in total. The van der Waals surface area contributed by atoms with E-state index in [-0.39, 0.29) is 0 Å². The molecule has 0 saturated heterocycles. The number of nitrogens with two attached hydrogens (primary N) is 1. The van der Waals surface area contributed by atoms with Gasteiger partial charge in [0.05, 0.1) is 13.2 Å². The highest BCUT2D eigenvalue weighted by atomic mass is 16.5. The van der Waals surface area contributed by atoms with Crippen LogP contribution < -0.4 is 15.2 Å². The lowest BCUT2D eigenvalue weighted by Gasteiger charge is -2.14. The van der Waals surface area contributed by atoms with Gasteiger partial charge in [0.1, 0.15) is 0 Å². The summed E-state index contributed by atoms with van der Waals surface area (Å²) in [5, 5.41) is 0. The van der Waals surface area contributed by atoms with E-state index in [4.69, 9.17) is 15.2 Å². The second kappa shape index (κ2) is 7.74. The molecule has 0 saturated carbocycles. The van der Waals surface area contributed by atoms with Crippen LogP contribution in [-0.4, -0.2) is 13.2 Å². The Balaban J connectivity index is 2.73. The second-order valence-corrected chi connectivity index (χ2v) is 3.66. The quantitative estimate of drug-likeness (QED) is 0.556. The average molecular weight is 235 g/mol. The summed E-state index contributed by atoms with van der Waals surface area (Å²) in [5.41, 5.74) is 6.68. The van der Waals surface area contributed by atoms with Crippen LogP contribution >= 0.6 is 0 Å². The third-order valence-electron chi connectivity index (χ3n) is 2.38. The van der Waals surface area contributed by atoms with Crippen LogP contribution in [0.1, 0.15) is 25.3 Å². The highest BCUT2D eigenvalue weighted by molar-refractivity contribution is 5.46. The summed E-state index contributed by atoms with van der Waals surface area (Å²) in [5.74, 6) is 1.55. The highest BCUT2D eigenvalue weighted by Crippen LogP contribution is 2.31. The molecule has 94 valence electrons. The Labute approximate surface area is 103 Å². The van der Waals surface area contributed by atoms with Crippen LogP contribution in [0.3, 0.4) is 0 Å². The Kier molecular flexibility index (Phi) is 6.18. The molecule has 0 unspecified atom stereocenters. The fourth-order valence-electron chi connectivity index (χ4n) is 1.56. The first-order valence-electron chi connectivity index (χ1n) is 6.02. The summed E-state index contributed by atoms with van der Waals surface area (Å²) in [6.45, 7) is 7.37. The maximum absolute atomic E-state index is 5.76. The lowest BCUT2D eigenvalue weighted by Crippen LogP contribution is -2.06. The van der Waals surface area contributed by atoms with E-state index in [1.165, 1.54) is 0 Å². The number of para-hydroxylation sites is 1. The van der Waals surface area contributed by atoms with Crippen molar-refractivity contribution in [1.82, 2.24) is 0 Å². The third kappa shape index (κ3) is 4.11. The van der Waals surface area contributed by atoms with E-state index >= 15 is 0 Å². The number of allylic oxidation sites excluding steroid dienone is 1. The standard InChI is InChI=1S/C14H21NO2/c1-3-5-6-10-17-14-12(11-15)8-7-9-13(14)16-4-2/h3,7-9H,1,4-6,10-11,15H2,2H3. The van der Waals surface area contributed by atoms with E-state index in [2.05, 4.69) is 6.58 Å². The molecule has 0 atom stereocenters. The maximum atomic E-state index is 5.76. The summed E-state index contributed by atoms with van der Waals surface area (Å²) in [6.07, 6.45) is 3.80. The molecule has 0 amide bonds. The van der Waals surface area contributed by atoms with Crippen molar-refractivity contribution in [3.63, 3.8) is 0 Å². The Morgan fingerprint density at radius 3 is 2.82 bits per heavy atom. The Bertz CT molecular complexity index is 350. The summed E-state index contributed by atoms with van der Waals surface area (Å²) >= 11 is 0. The molecule has 0 aliphatic rings. The van der Waals surface area contributed by atoms with E-state index in [0.29, 0.717) is 19.8 Å². The summed E-state index contributed by atoms with van der Waals surface area (Å²) in [4.78, 5) is 0. The SMILES string of the molecule is C=CCCCOc1c(CN)cccc1OCC. The molecule has 0 bridgehead atoms. The molecule has 3 heteroatoms. The molecule has 1 aromatic rings. The van der Waals surface area contributed by atoms with Gasteiger partial charge in [0.25, 0.3) is 0 Å². The molecule has 0 aliphatic heterocycles. The van der Waals surface area contributed by atoms with Crippen molar-refractivity contribution in [1.29, 1.82) is 0 Å². The summed E-state index contributed by atoms with van der Waals surface area (Å²) in [6, 6.07) is 5.81. The number of unbranched alkanes of at least 4 members (excludes halogenated alkanes) is 1. The van der Waals surface area contributed by atoms with Gasteiger partial charge in [-0.2, -0.15) is 0 Å². The lowest BCUT2D eigenvalue weighted by molar-refractivity contribution is 0.271. The predicted molar refractivity (Wildman–Crippen MR) is 70.4 cm³/mol. The van der Waals surface area contributed by atoms with Crippen LogP contribution in [0.15, 0.2) is 30.9 Å². The Morgan fingerprint density at radius 2 is 2.18 bits per heavy atom. The zero-order valence-corrected chi connectivity index (χ0v) is 10.4. The van der Waals surface area contributed by atoms with Crippen molar-refractivity contribution in [2.45, 2.75) is 26.3 Å². The van der Waals surface area contributed by atoms with Crippen LogP contribution in [0.2, 0.25) is 0 Å². The summed E-state index contributed by atoms with van der Waals surface area (Å²) < 4.78 is 11.3. The van der Waals surface area contributed by atoms with Crippen molar-refractivity contribution in [3.05, 3.63) is 36.4 Å². The number of ether oxygens (including phenoxy) is 2. The number of hydrogen-bond donors (Lipinski definition) is 1. The molecule has 0 heterocycles. The van der Waals surface area contributed by atoms with Gasteiger partial charge in [-0.05, 0) is 25.8 Å². The van der Waals surface area contributed by atoms with Crippen molar-refractivity contribution >= 4 is 0 Å². The fraction of sp³-hybridized carbons (Fsp3) is 0.429. The monoisotopic (exact) mass is 235 g/mol. The maximum Gasteiger partial charge on any atom is 0.165 e. The predicted octanol–water partition coefficient (Wildman–Crippen LogP) is 2.89. The lowest BCUT2D eigenvalue weighted by atomic mass is 10.2. The average Bonchev–Trinajstić information content (AvgIpc) is 2.36. The molecular weight excluding hydrogens is 214 g/mol. The minimum absolute atomic E-state index is 0.456. The molecule has 0 radical (unpaired) electrons. The second-order valence-electron chi connectivity index (χ2n) is 3.66. The molecule has 3 nitrogen and oxygen atoms in total. The first-order valence-corrected chi connectivity index (χ1v) is 6.02. The molecule has 0 fully saturated rings. The Morgan fingerprint density at radius 1 is 1.35 bits per heavy atom. The van der Waals surface area contributed by atoms with Crippen molar-refractivity contribution in [2.75, 3.05) is 13.2 Å². The molecular formula is C14H21NO2. The van der Waals surface area contributed by atoms with Gasteiger partial charge in [-0.25, -0.2) is 0 Å². The van der Waals surface area contributed by atoms with Crippen LogP contribution in [0.4, 0.5) is 0 Å². The topological polar surface area (TPSA) is 44.5 Å². The zero-order valence-electron chi connectivity index (χ0n) is 10.4. The third-order valence-corrected chi connectivity index (χ3v) is 2.38. The van der Waals surface area contributed by atoms with Gasteiger partial charge >= 0.3 is 0 Å². The van der Waals surface area contributed by atoms with E-state index in [9.17, 15) is 0 Å². The zero-order chi connectivity index (χ0) is 12.5. The van der Waals surface area contributed by atoms with Gasteiger partial charge in [-0.1, -0.05) is 18.2 Å². The van der Waals surface area contributed by atoms with E-state index in [1.807, 2.05) is 31.2 Å². The van der Waals surface area contributed by atoms with Gasteiger partial charge in [-0.3, -0.25) is 0 Å². The van der Waals surface area contributed by atoms with Gasteiger partial charge in [-0.15, -0.1) is 6.58 Å². The molecule has 1 aromatic carbocycles. The highest BCUT2D eigenvalue weighted by Gasteiger charge is 2.09. The molecule has 1 rings (SSSR count). The van der Waals surface area contributed by atoms with E-state index in [0.717, 1.165) is 29.9 Å². The van der Waals surface area contributed by atoms with Gasteiger partial charge < -0.3 is 15.2 Å². The van der Waals surface area contributed by atoms with Gasteiger partial charge in [0.2, 0.25) is 0 Å². The molecule has 0 aliphatic carbocycles.